The molecule has 0 saturated carbocycles. The van der Waals surface area contributed by atoms with Crippen molar-refractivity contribution in [2.24, 2.45) is 4.99 Å². The van der Waals surface area contributed by atoms with Gasteiger partial charge in [0.05, 0.1) is 11.4 Å². The molecule has 6 heteroatoms. The molecule has 0 bridgehead atoms. The Morgan fingerprint density at radius 3 is 2.54 bits per heavy atom. The number of halogens is 1. The fourth-order valence-electron chi connectivity index (χ4n) is 2.96. The molecule has 3 rings (SSSR count). The minimum Gasteiger partial charge on any atom is -0.341 e. The Morgan fingerprint density at radius 2 is 1.85 bits per heavy atom. The number of nitrogens with zero attached hydrogens (tertiary/aromatic N) is 3. The summed E-state index contributed by atoms with van der Waals surface area (Å²) in [6, 6.07) is 17.3. The number of carbonyl (C=O) groups excluding carboxylic acids is 1. The number of carbonyl (C=O) groups is 1. The number of hydrogen-bond donors (Lipinski definition) is 0. The second-order valence-electron chi connectivity index (χ2n) is 6.59. The van der Waals surface area contributed by atoms with Crippen molar-refractivity contribution in [3.8, 4) is 0 Å². The molecule has 136 valence electrons. The van der Waals surface area contributed by atoms with Crippen molar-refractivity contribution in [2.75, 3.05) is 14.1 Å². The van der Waals surface area contributed by atoms with Gasteiger partial charge in [-0.1, -0.05) is 54.1 Å². The van der Waals surface area contributed by atoms with E-state index in [9.17, 15) is 4.79 Å². The monoisotopic (exact) mass is 371 g/mol. The largest absolute Gasteiger partial charge is 0.341 e. The molecule has 1 aliphatic heterocycles. The van der Waals surface area contributed by atoms with Crippen LogP contribution in [-0.4, -0.2) is 41.5 Å². The molecule has 0 aromatic heterocycles. The Bertz CT molecular complexity index is 825. The highest BCUT2D eigenvalue weighted by Crippen LogP contribution is 2.30. The smallest absolute Gasteiger partial charge is 0.227 e. The average Bonchev–Trinajstić information content (AvgIpc) is 2.90. The Hall–Kier alpha value is -2.37. The molecule has 2 aromatic carbocycles. The van der Waals surface area contributed by atoms with Crippen LogP contribution in [0.25, 0.3) is 0 Å². The summed E-state index contributed by atoms with van der Waals surface area (Å²) in [7, 11) is 3.56. The molecule has 0 fully saturated rings. The minimum absolute atomic E-state index is 0.0334. The van der Waals surface area contributed by atoms with Crippen molar-refractivity contribution in [2.45, 2.75) is 25.6 Å². The zero-order valence-corrected chi connectivity index (χ0v) is 15.9. The Morgan fingerprint density at radius 1 is 1.19 bits per heavy atom. The van der Waals surface area contributed by atoms with Crippen LogP contribution in [0.4, 0.5) is 0 Å². The molecule has 26 heavy (non-hydrogen) atoms. The van der Waals surface area contributed by atoms with Gasteiger partial charge in [0.25, 0.3) is 0 Å². The zero-order valence-electron chi connectivity index (χ0n) is 15.1. The maximum atomic E-state index is 12.7. The zero-order chi connectivity index (χ0) is 18.7. The molecular weight excluding hydrogens is 350 g/mol. The molecule has 0 radical (unpaired) electrons. The summed E-state index contributed by atoms with van der Waals surface area (Å²) in [5, 5.41) is 2.17. The quantitative estimate of drug-likeness (QED) is 0.804. The lowest BCUT2D eigenvalue weighted by molar-refractivity contribution is -0.170. The lowest BCUT2D eigenvalue weighted by Crippen LogP contribution is -2.36. The normalized spacial score (nSPS) is 19.4. The molecule has 1 amide bonds. The third kappa shape index (κ3) is 4.06. The van der Waals surface area contributed by atoms with E-state index >= 15 is 0 Å². The highest BCUT2D eigenvalue weighted by molar-refractivity contribution is 6.34. The fourth-order valence-corrected chi connectivity index (χ4v) is 3.18. The number of benzene rings is 2. The van der Waals surface area contributed by atoms with E-state index in [4.69, 9.17) is 16.4 Å². The molecule has 5 nitrogen and oxygen atoms in total. The van der Waals surface area contributed by atoms with Gasteiger partial charge in [-0.2, -0.15) is 0 Å². The van der Waals surface area contributed by atoms with Gasteiger partial charge in [0.1, 0.15) is 0 Å². The highest BCUT2D eigenvalue weighted by atomic mass is 35.5. The second-order valence-corrected chi connectivity index (χ2v) is 7.00. The standard InChI is InChI=1S/C20H22ClN3O2/c1-20(13-18(25)23(2)14-15-9-5-4-6-10-15)22-19(24(3)26-20)16-11-7-8-12-17(16)21/h4-12H,13-14H2,1-3H3. The van der Waals surface area contributed by atoms with Gasteiger partial charge in [0.15, 0.2) is 11.6 Å². The van der Waals surface area contributed by atoms with Crippen LogP contribution in [0.15, 0.2) is 59.6 Å². The summed E-state index contributed by atoms with van der Waals surface area (Å²) in [5.41, 5.74) is 0.911. The third-order valence-corrected chi connectivity index (χ3v) is 4.59. The van der Waals surface area contributed by atoms with Crippen molar-refractivity contribution in [1.82, 2.24) is 9.96 Å². The van der Waals surface area contributed by atoms with Gasteiger partial charge in [-0.3, -0.25) is 4.79 Å². The van der Waals surface area contributed by atoms with Gasteiger partial charge in [0.2, 0.25) is 5.91 Å². The van der Waals surface area contributed by atoms with Crippen LogP contribution in [0.3, 0.4) is 0 Å². The third-order valence-electron chi connectivity index (χ3n) is 4.26. The van der Waals surface area contributed by atoms with E-state index in [-0.39, 0.29) is 12.3 Å². The predicted molar refractivity (Wildman–Crippen MR) is 103 cm³/mol. The van der Waals surface area contributed by atoms with Gasteiger partial charge in [-0.15, -0.1) is 0 Å². The summed E-state index contributed by atoms with van der Waals surface area (Å²) in [4.78, 5) is 24.9. The minimum atomic E-state index is -0.953. The molecule has 1 atom stereocenters. The van der Waals surface area contributed by atoms with E-state index in [2.05, 4.69) is 4.99 Å². The van der Waals surface area contributed by atoms with Crippen LogP contribution in [0.5, 0.6) is 0 Å². The van der Waals surface area contributed by atoms with Crippen molar-refractivity contribution >= 4 is 23.3 Å². The Kier molecular flexibility index (Phi) is 5.30. The maximum absolute atomic E-state index is 12.7. The van der Waals surface area contributed by atoms with Gasteiger partial charge in [-0.25, -0.2) is 14.9 Å². The van der Waals surface area contributed by atoms with E-state index in [0.29, 0.717) is 17.4 Å². The highest BCUT2D eigenvalue weighted by Gasteiger charge is 2.39. The lowest BCUT2D eigenvalue weighted by Gasteiger charge is -2.24. The van der Waals surface area contributed by atoms with Gasteiger partial charge < -0.3 is 4.90 Å². The molecule has 0 spiro atoms. The molecule has 2 aromatic rings. The molecule has 0 aliphatic carbocycles. The van der Waals surface area contributed by atoms with E-state index < -0.39 is 5.72 Å². The molecular formula is C20H22ClN3O2. The summed E-state index contributed by atoms with van der Waals surface area (Å²) in [5.74, 6) is 0.588. The predicted octanol–water partition coefficient (Wildman–Crippen LogP) is 3.73. The molecule has 0 saturated heterocycles. The first kappa shape index (κ1) is 18.4. The number of hydrogen-bond acceptors (Lipinski definition) is 4. The number of amidine groups is 1. The first-order valence-electron chi connectivity index (χ1n) is 8.43. The Labute approximate surface area is 158 Å². The summed E-state index contributed by atoms with van der Waals surface area (Å²) >= 11 is 6.27. The van der Waals surface area contributed by atoms with Gasteiger partial charge in [-0.05, 0) is 24.6 Å². The first-order valence-corrected chi connectivity index (χ1v) is 8.81. The fraction of sp³-hybridized carbons (Fsp3) is 0.300. The van der Waals surface area contributed by atoms with Crippen LogP contribution < -0.4 is 0 Å². The topological polar surface area (TPSA) is 45.1 Å². The Balaban J connectivity index is 1.72. The maximum Gasteiger partial charge on any atom is 0.227 e. The van der Waals surface area contributed by atoms with Crippen molar-refractivity contribution in [3.63, 3.8) is 0 Å². The number of amides is 1. The summed E-state index contributed by atoms with van der Waals surface area (Å²) in [6.45, 7) is 2.36. The molecule has 1 unspecified atom stereocenters. The van der Waals surface area contributed by atoms with Crippen LogP contribution >= 0.6 is 11.6 Å². The van der Waals surface area contributed by atoms with Crippen LogP contribution in [0.1, 0.15) is 24.5 Å². The van der Waals surface area contributed by atoms with Crippen molar-refractivity contribution in [1.29, 1.82) is 0 Å². The van der Waals surface area contributed by atoms with Crippen LogP contribution in [0.2, 0.25) is 5.02 Å². The SMILES string of the molecule is CN(Cc1ccccc1)C(=O)CC1(C)N=C(c2ccccc2Cl)N(C)O1. The number of hydroxylamine groups is 2. The van der Waals surface area contributed by atoms with Gasteiger partial charge in [0, 0.05) is 26.2 Å². The van der Waals surface area contributed by atoms with E-state index in [0.717, 1.165) is 11.1 Å². The summed E-state index contributed by atoms with van der Waals surface area (Å²) < 4.78 is 0. The average molecular weight is 372 g/mol. The van der Waals surface area contributed by atoms with Gasteiger partial charge >= 0.3 is 0 Å². The number of rotatable bonds is 5. The van der Waals surface area contributed by atoms with Crippen molar-refractivity contribution < 1.29 is 9.63 Å². The first-order chi connectivity index (χ1) is 12.4. The van der Waals surface area contributed by atoms with E-state index in [1.165, 1.54) is 0 Å². The second kappa shape index (κ2) is 7.48. The molecule has 1 aliphatic rings. The molecule has 0 N–H and O–H groups in total. The van der Waals surface area contributed by atoms with Crippen molar-refractivity contribution in [3.05, 3.63) is 70.7 Å². The van der Waals surface area contributed by atoms with Crippen LogP contribution in [0, 0.1) is 0 Å². The summed E-state index contributed by atoms with van der Waals surface area (Å²) in [6.07, 6.45) is 0.147. The van der Waals surface area contributed by atoms with E-state index in [1.54, 1.807) is 24.1 Å². The van der Waals surface area contributed by atoms with E-state index in [1.807, 2.05) is 61.5 Å². The van der Waals surface area contributed by atoms with Crippen LogP contribution in [-0.2, 0) is 16.2 Å². The molecule has 1 heterocycles. The number of aliphatic imine (C=N–C) groups is 1. The lowest BCUT2D eigenvalue weighted by atomic mass is 10.1.